The van der Waals surface area contributed by atoms with Gasteiger partial charge < -0.3 is 79.7 Å². The highest BCUT2D eigenvalue weighted by Gasteiger charge is 2.58. The molecule has 0 aromatic heterocycles. The Hall–Kier alpha value is -3.89. The van der Waals surface area contributed by atoms with Crippen LogP contribution in [-0.2, 0) is 59.0 Å². The lowest BCUT2D eigenvalue weighted by atomic mass is 9.92. The highest BCUT2D eigenvalue weighted by atomic mass is 32.2. The van der Waals surface area contributed by atoms with Gasteiger partial charge in [0.2, 0.25) is 11.7 Å². The summed E-state index contributed by atoms with van der Waals surface area (Å²) in [6, 6.07) is 7.42. The lowest BCUT2D eigenvalue weighted by molar-refractivity contribution is -0.383. The van der Waals surface area contributed by atoms with Crippen LogP contribution in [0.25, 0.3) is 0 Å². The molecule has 1 aromatic rings. The molecule has 0 spiro atoms. The lowest BCUT2D eigenvalue weighted by Crippen LogP contribution is -2.62. The van der Waals surface area contributed by atoms with Gasteiger partial charge in [-0.3, -0.25) is 14.4 Å². The minimum atomic E-state index is -3.85. The second kappa shape index (κ2) is 23.4. The van der Waals surface area contributed by atoms with Crippen LogP contribution in [0.15, 0.2) is 42.2 Å². The molecule has 3 heterocycles. The van der Waals surface area contributed by atoms with Crippen molar-refractivity contribution in [1.29, 1.82) is 0 Å². The molecule has 2 saturated heterocycles. The molecule has 0 aliphatic carbocycles. The van der Waals surface area contributed by atoms with Crippen molar-refractivity contribution in [2.75, 3.05) is 33.5 Å². The van der Waals surface area contributed by atoms with Gasteiger partial charge >= 0.3 is 22.2 Å². The quantitative estimate of drug-likeness (QED) is 0.0741. The lowest BCUT2D eigenvalue weighted by Gasteiger charge is -2.43. The maximum atomic E-state index is 12.6. The molecule has 23 nitrogen and oxygen atoms in total. The zero-order valence-electron chi connectivity index (χ0n) is 33.6. The molecule has 2 amide bonds. The van der Waals surface area contributed by atoms with E-state index in [-0.39, 0.29) is 24.0 Å². The summed E-state index contributed by atoms with van der Waals surface area (Å²) in [7, 11) is -2.60. The Bertz CT molecular complexity index is 1690. The molecule has 0 radical (unpaired) electrons. The van der Waals surface area contributed by atoms with Crippen LogP contribution >= 0.6 is 0 Å². The van der Waals surface area contributed by atoms with Gasteiger partial charge in [0.15, 0.2) is 6.29 Å². The highest BCUT2D eigenvalue weighted by molar-refractivity contribution is 7.85. The summed E-state index contributed by atoms with van der Waals surface area (Å²) in [4.78, 5) is 46.3. The third-order valence-corrected chi connectivity index (χ3v) is 9.85. The summed E-state index contributed by atoms with van der Waals surface area (Å²) >= 11 is 0. The summed E-state index contributed by atoms with van der Waals surface area (Å²) < 4.78 is 47.0. The minimum absolute atomic E-state index is 0.0547. The molecule has 60 heavy (non-hydrogen) atoms. The molecule has 1 aromatic carbocycles. The molecule has 0 bridgehead atoms. The number of carbonyl (C=O) groups excluding carboxylic acids is 3. The molecule has 3 aliphatic heterocycles. The van der Waals surface area contributed by atoms with Crippen molar-refractivity contribution in [1.82, 2.24) is 15.4 Å². The first-order chi connectivity index (χ1) is 27.9. The van der Waals surface area contributed by atoms with Gasteiger partial charge in [-0.05, 0) is 30.9 Å². The second-order valence-electron chi connectivity index (χ2n) is 15.0. The summed E-state index contributed by atoms with van der Waals surface area (Å²) in [5.41, 5.74) is 0.919. The number of rotatable bonds is 15. The van der Waals surface area contributed by atoms with E-state index in [0.29, 0.717) is 6.54 Å². The van der Waals surface area contributed by atoms with Crippen LogP contribution < -0.4 is 15.4 Å². The fourth-order valence-electron chi connectivity index (χ4n) is 5.70. The van der Waals surface area contributed by atoms with E-state index in [4.69, 9.17) is 34.3 Å². The summed E-state index contributed by atoms with van der Waals surface area (Å²) in [5, 5.41) is 91.4. The fraction of sp³-hybridized carbons (Fsp3) is 0.667. The molecule has 11 atom stereocenters. The summed E-state index contributed by atoms with van der Waals surface area (Å²) in [6.45, 7) is 5.75. The van der Waals surface area contributed by atoms with Crippen molar-refractivity contribution in [3.63, 3.8) is 0 Å². The maximum Gasteiger partial charge on any atom is 0.409 e. The number of allylic oxidation sites excluding steroid dienone is 1. The van der Waals surface area contributed by atoms with Gasteiger partial charge in [0.1, 0.15) is 61.1 Å². The standard InChI is InChI=1S/C20H30N2O5.C12H22O11.C4H5NO4S/c1-20(2,3)10-11-21-15(13-17(23)24)18(25)22-16(19(26)27-4)12-14-8-6-5-7-9-14;13-1-4-6(16)8(18)9(19)11(21-4)23-12(3-15)10(20)7(17)5(2-14)22-12;1-3-2-4(6)5-10(7,8)9-3/h5-9,15-16,21H,10-13H2,1-4H3,(H,22,25)(H,23,24);4-11,13-20H,1-3H2;2H,1H3,(H,5,6)/t15-,16-;4-,5-,6-,7-,8+,9-,10+,11-,12+;/m01./s1. The molecular formula is C36H57N3O20S. The number of aliphatic hydroxyl groups excluding tert-OH is 8. The third-order valence-electron chi connectivity index (χ3n) is 8.92. The molecule has 2 fully saturated rings. The van der Waals surface area contributed by atoms with E-state index in [2.05, 4.69) is 35.6 Å². The molecule has 12 N–H and O–H groups in total. The predicted molar refractivity (Wildman–Crippen MR) is 203 cm³/mol. The number of methoxy groups -OCH3 is 1. The molecule has 3 aliphatic rings. The van der Waals surface area contributed by atoms with Gasteiger partial charge in [-0.25, -0.2) is 9.52 Å². The van der Waals surface area contributed by atoms with Gasteiger partial charge in [-0.15, -0.1) is 0 Å². The van der Waals surface area contributed by atoms with Crippen LogP contribution in [0.5, 0.6) is 0 Å². The topological polar surface area (TPSA) is 367 Å². The van der Waals surface area contributed by atoms with E-state index in [1.807, 2.05) is 30.3 Å². The smallest absolute Gasteiger partial charge is 0.409 e. The van der Waals surface area contributed by atoms with E-state index < -0.39 is 121 Å². The second-order valence-corrected chi connectivity index (χ2v) is 16.3. The van der Waals surface area contributed by atoms with Crippen LogP contribution in [0.4, 0.5) is 0 Å². The van der Waals surface area contributed by atoms with Gasteiger partial charge in [-0.2, -0.15) is 8.42 Å². The average Bonchev–Trinajstić information content (AvgIpc) is 3.41. The molecule has 342 valence electrons. The van der Waals surface area contributed by atoms with Crippen LogP contribution in [0.1, 0.15) is 46.1 Å². The Balaban J connectivity index is 0.000000339. The van der Waals surface area contributed by atoms with Crippen molar-refractivity contribution >= 4 is 34.1 Å². The first-order valence-electron chi connectivity index (χ1n) is 18.5. The number of carboxylic acids is 1. The number of esters is 1. The van der Waals surface area contributed by atoms with Crippen LogP contribution in [-0.4, -0.2) is 178 Å². The number of carbonyl (C=O) groups is 4. The van der Waals surface area contributed by atoms with Crippen molar-refractivity contribution in [3.05, 3.63) is 47.7 Å². The molecule has 0 unspecified atom stereocenters. The summed E-state index contributed by atoms with van der Waals surface area (Å²) in [6.07, 6.45) is -10.9. The van der Waals surface area contributed by atoms with E-state index in [0.717, 1.165) is 18.1 Å². The Labute approximate surface area is 346 Å². The predicted octanol–water partition coefficient (Wildman–Crippen LogP) is -4.36. The minimum Gasteiger partial charge on any atom is -0.481 e. The van der Waals surface area contributed by atoms with Crippen LogP contribution in [0.2, 0.25) is 0 Å². The Morgan fingerprint density at radius 1 is 0.933 bits per heavy atom. The largest absolute Gasteiger partial charge is 0.481 e. The van der Waals surface area contributed by atoms with E-state index in [1.165, 1.54) is 14.0 Å². The summed E-state index contributed by atoms with van der Waals surface area (Å²) in [5.74, 6) is -5.02. The van der Waals surface area contributed by atoms with Gasteiger partial charge in [0.05, 0.1) is 32.8 Å². The number of amides is 2. The number of carboxylic acid groups (broad SMARTS) is 1. The van der Waals surface area contributed by atoms with Gasteiger partial charge in [0.25, 0.3) is 5.91 Å². The average molecular weight is 884 g/mol. The number of hydrogen-bond acceptors (Lipinski definition) is 20. The van der Waals surface area contributed by atoms with Crippen molar-refractivity contribution in [2.24, 2.45) is 5.41 Å². The SMILES string of the molecule is CC1=CC(=O)NS(=O)(=O)O1.COC(=O)[C@H](Cc1ccccc1)NC(=O)[C@H](CC(=O)O)NCCC(C)(C)C.OC[C@H]1O[C@@](CO)(O[C@H]2O[C@H](CO)[C@@H](O)[C@H](O)[C@H]2O)[C@@H](O)[C@@H]1O. The van der Waals surface area contributed by atoms with Crippen LogP contribution in [0, 0.1) is 5.41 Å². The maximum absolute atomic E-state index is 12.6. The van der Waals surface area contributed by atoms with Gasteiger partial charge in [-0.1, -0.05) is 51.1 Å². The van der Waals surface area contributed by atoms with Crippen LogP contribution in [0.3, 0.4) is 0 Å². The zero-order valence-corrected chi connectivity index (χ0v) is 34.4. The number of aliphatic hydroxyl groups is 8. The third kappa shape index (κ3) is 15.9. The monoisotopic (exact) mass is 883 g/mol. The first-order valence-corrected chi connectivity index (χ1v) is 19.9. The molecule has 24 heteroatoms. The van der Waals surface area contributed by atoms with Crippen molar-refractivity contribution < 1.29 is 96.7 Å². The fourth-order valence-corrected chi connectivity index (χ4v) is 6.44. The van der Waals surface area contributed by atoms with E-state index in [1.54, 1.807) is 4.72 Å². The Kier molecular flexibility index (Phi) is 20.3. The van der Waals surface area contributed by atoms with Crippen molar-refractivity contribution in [3.8, 4) is 0 Å². The Morgan fingerprint density at radius 3 is 2.03 bits per heavy atom. The number of nitrogens with one attached hydrogen (secondary N) is 3. The zero-order chi connectivity index (χ0) is 45.6. The first kappa shape index (κ1) is 52.2. The molecule has 0 saturated carbocycles. The van der Waals surface area contributed by atoms with Gasteiger partial charge in [0, 0.05) is 12.5 Å². The highest BCUT2D eigenvalue weighted by Crippen LogP contribution is 2.36. The van der Waals surface area contributed by atoms with E-state index in [9.17, 15) is 58.2 Å². The van der Waals surface area contributed by atoms with Crippen molar-refractivity contribution in [2.45, 2.75) is 114 Å². The number of benzene rings is 1. The Morgan fingerprint density at radius 2 is 1.55 bits per heavy atom. The number of aliphatic carboxylic acids is 1. The molecular weight excluding hydrogens is 826 g/mol. The normalized spacial score (nSPS) is 29.4. The molecule has 4 rings (SSSR count). The van der Waals surface area contributed by atoms with E-state index >= 15 is 0 Å². The number of hydrogen-bond donors (Lipinski definition) is 12. The number of ether oxygens (including phenoxy) is 4.